The number of carboxylic acid groups (broad SMARTS) is 1. The van der Waals surface area contributed by atoms with Gasteiger partial charge in [-0.2, -0.15) is 0 Å². The van der Waals surface area contributed by atoms with Crippen molar-refractivity contribution in [1.82, 2.24) is 25.6 Å². The fraction of sp³-hybridized carbons (Fsp3) is 0.333. The van der Waals surface area contributed by atoms with Crippen LogP contribution in [0.3, 0.4) is 0 Å². The molecule has 0 aliphatic heterocycles. The number of aliphatic hydroxyl groups is 1. The summed E-state index contributed by atoms with van der Waals surface area (Å²) in [7, 11) is 0. The first-order valence-corrected chi connectivity index (χ1v) is 10.1. The van der Waals surface area contributed by atoms with Crippen molar-refractivity contribution in [3.63, 3.8) is 0 Å². The number of para-hydroxylation sites is 1. The highest BCUT2D eigenvalue weighted by atomic mass is 16.4. The third-order valence-electron chi connectivity index (χ3n) is 5.11. The number of nitrogens with two attached hydrogens (primary N) is 1. The van der Waals surface area contributed by atoms with E-state index >= 15 is 0 Å². The van der Waals surface area contributed by atoms with E-state index in [4.69, 9.17) is 5.73 Å². The molecule has 8 N–H and O–H groups in total. The fourth-order valence-corrected chi connectivity index (χ4v) is 3.38. The van der Waals surface area contributed by atoms with E-state index in [0.29, 0.717) is 5.69 Å². The van der Waals surface area contributed by atoms with Gasteiger partial charge < -0.3 is 36.5 Å². The molecule has 4 atom stereocenters. The summed E-state index contributed by atoms with van der Waals surface area (Å²) in [6.45, 7) is 1.25. The Morgan fingerprint density at radius 1 is 1.12 bits per heavy atom. The number of imidazole rings is 1. The highest BCUT2D eigenvalue weighted by molar-refractivity contribution is 5.92. The van der Waals surface area contributed by atoms with Crippen LogP contribution < -0.4 is 16.4 Å². The number of aromatic nitrogens is 3. The number of hydrogen-bond donors (Lipinski definition) is 7. The van der Waals surface area contributed by atoms with Gasteiger partial charge in [0.05, 0.1) is 18.5 Å². The van der Waals surface area contributed by atoms with Crippen LogP contribution in [0.2, 0.25) is 0 Å². The fourth-order valence-electron chi connectivity index (χ4n) is 3.38. The van der Waals surface area contributed by atoms with E-state index in [1.807, 2.05) is 24.3 Å². The Labute approximate surface area is 183 Å². The number of rotatable bonds is 10. The number of H-pyrrole nitrogens is 2. The zero-order valence-electron chi connectivity index (χ0n) is 17.4. The van der Waals surface area contributed by atoms with Gasteiger partial charge in [-0.15, -0.1) is 0 Å². The van der Waals surface area contributed by atoms with E-state index in [1.165, 1.54) is 19.4 Å². The van der Waals surface area contributed by atoms with Gasteiger partial charge in [-0.25, -0.2) is 9.78 Å². The van der Waals surface area contributed by atoms with Gasteiger partial charge >= 0.3 is 5.97 Å². The Hall–Kier alpha value is -3.70. The largest absolute Gasteiger partial charge is 0.480 e. The maximum absolute atomic E-state index is 12.8. The van der Waals surface area contributed by atoms with Crippen LogP contribution in [0.15, 0.2) is 43.0 Å². The number of aliphatic carboxylic acids is 1. The lowest BCUT2D eigenvalue weighted by atomic mass is 10.0. The Morgan fingerprint density at radius 2 is 1.88 bits per heavy atom. The highest BCUT2D eigenvalue weighted by Gasteiger charge is 2.31. The van der Waals surface area contributed by atoms with Crippen molar-refractivity contribution in [1.29, 1.82) is 0 Å². The van der Waals surface area contributed by atoms with Crippen molar-refractivity contribution in [3.05, 3.63) is 54.2 Å². The van der Waals surface area contributed by atoms with Crippen molar-refractivity contribution in [2.75, 3.05) is 0 Å². The molecule has 0 spiro atoms. The van der Waals surface area contributed by atoms with E-state index in [-0.39, 0.29) is 12.8 Å². The number of carbonyl (C=O) groups excluding carboxylic acids is 2. The smallest absolute Gasteiger partial charge is 0.328 e. The average Bonchev–Trinajstić information content (AvgIpc) is 3.41. The summed E-state index contributed by atoms with van der Waals surface area (Å²) in [6.07, 6.45) is 3.63. The maximum atomic E-state index is 12.8. The molecule has 11 nitrogen and oxygen atoms in total. The molecule has 32 heavy (non-hydrogen) atoms. The normalized spacial score (nSPS) is 15.0. The zero-order chi connectivity index (χ0) is 23.3. The van der Waals surface area contributed by atoms with Crippen molar-refractivity contribution < 1.29 is 24.6 Å². The molecule has 0 aliphatic carbocycles. The maximum Gasteiger partial charge on any atom is 0.328 e. The summed E-state index contributed by atoms with van der Waals surface area (Å²) < 4.78 is 0. The third-order valence-corrected chi connectivity index (χ3v) is 5.11. The molecule has 0 bridgehead atoms. The minimum atomic E-state index is -1.52. The second-order valence-electron chi connectivity index (χ2n) is 7.58. The molecular weight excluding hydrogens is 416 g/mol. The van der Waals surface area contributed by atoms with Gasteiger partial charge in [0.25, 0.3) is 0 Å². The molecule has 1 aromatic carbocycles. The predicted molar refractivity (Wildman–Crippen MR) is 115 cm³/mol. The summed E-state index contributed by atoms with van der Waals surface area (Å²) in [6, 6.07) is 4.01. The van der Waals surface area contributed by atoms with Crippen LogP contribution in [0.25, 0.3) is 10.9 Å². The molecule has 0 aliphatic rings. The zero-order valence-corrected chi connectivity index (χ0v) is 17.4. The first kappa shape index (κ1) is 23.0. The number of hydrogen-bond acceptors (Lipinski definition) is 6. The van der Waals surface area contributed by atoms with E-state index in [1.54, 1.807) is 6.20 Å². The number of amides is 2. The second kappa shape index (κ2) is 10.1. The molecular formula is C21H26N6O5. The van der Waals surface area contributed by atoms with Gasteiger partial charge in [-0.05, 0) is 25.0 Å². The molecule has 0 saturated heterocycles. The van der Waals surface area contributed by atoms with E-state index < -0.39 is 42.0 Å². The average molecular weight is 442 g/mol. The number of carbonyl (C=O) groups is 3. The number of fused-ring (bicyclic) bond motifs is 1. The summed E-state index contributed by atoms with van der Waals surface area (Å²) in [5, 5.41) is 24.7. The number of nitrogens with zero attached hydrogens (tertiary/aromatic N) is 1. The number of benzene rings is 1. The molecule has 2 aromatic heterocycles. The van der Waals surface area contributed by atoms with Gasteiger partial charge in [0.15, 0.2) is 6.04 Å². The van der Waals surface area contributed by atoms with Gasteiger partial charge in [-0.3, -0.25) is 9.59 Å². The summed E-state index contributed by atoms with van der Waals surface area (Å²) in [5.74, 6) is -2.73. The van der Waals surface area contributed by atoms with Crippen LogP contribution >= 0.6 is 0 Å². The third kappa shape index (κ3) is 5.50. The molecule has 0 unspecified atom stereocenters. The summed E-state index contributed by atoms with van der Waals surface area (Å²) in [4.78, 5) is 46.7. The Morgan fingerprint density at radius 3 is 2.53 bits per heavy atom. The second-order valence-corrected chi connectivity index (χ2v) is 7.58. The van der Waals surface area contributed by atoms with Gasteiger partial charge in [0, 0.05) is 35.4 Å². The number of aliphatic hydroxyl groups excluding tert-OH is 1. The number of aromatic amines is 2. The number of carboxylic acids is 1. The number of nitrogens with one attached hydrogen (secondary N) is 4. The van der Waals surface area contributed by atoms with Crippen molar-refractivity contribution >= 4 is 28.7 Å². The summed E-state index contributed by atoms with van der Waals surface area (Å²) >= 11 is 0. The van der Waals surface area contributed by atoms with Crippen molar-refractivity contribution in [2.24, 2.45) is 5.73 Å². The summed E-state index contributed by atoms with van der Waals surface area (Å²) in [5.41, 5.74) is 8.44. The lowest BCUT2D eigenvalue weighted by Gasteiger charge is -2.23. The molecule has 3 aromatic rings. The Kier molecular flexibility index (Phi) is 7.23. The SMILES string of the molecule is C[C@@H](O)[C@H](NC(=O)[C@H](Cc1cnc[nH]1)NC(=O)[C@@H](N)Cc1c[nH]c2ccccc12)C(=O)O. The molecule has 0 radical (unpaired) electrons. The van der Waals surface area contributed by atoms with Crippen LogP contribution in [-0.4, -0.2) is 67.2 Å². The standard InChI is InChI=1S/C21H26N6O5/c1-11(28)18(21(31)32)27-20(30)17(7-13-9-23-10-25-13)26-19(29)15(22)6-12-8-24-16-5-3-2-4-14(12)16/h2-5,8-11,15,17-18,24,28H,6-7,22H2,1H3,(H,23,25)(H,26,29)(H,27,30)(H,31,32)/t11-,15+,17+,18+/m1/s1. The molecule has 2 amide bonds. The van der Waals surface area contributed by atoms with E-state index in [9.17, 15) is 24.6 Å². The first-order valence-electron chi connectivity index (χ1n) is 10.1. The molecule has 0 fully saturated rings. The van der Waals surface area contributed by atoms with Crippen LogP contribution in [0.4, 0.5) is 0 Å². The van der Waals surface area contributed by atoms with Gasteiger partial charge in [0.2, 0.25) is 11.8 Å². The quantitative estimate of drug-likeness (QED) is 0.219. The topological polar surface area (TPSA) is 186 Å². The lowest BCUT2D eigenvalue weighted by Crippen LogP contribution is -2.57. The molecule has 11 heteroatoms. The van der Waals surface area contributed by atoms with Crippen molar-refractivity contribution in [2.45, 2.75) is 44.0 Å². The molecule has 3 rings (SSSR count). The molecule has 170 valence electrons. The Balaban J connectivity index is 1.72. The van der Waals surface area contributed by atoms with Gasteiger partial charge in [-0.1, -0.05) is 18.2 Å². The highest BCUT2D eigenvalue weighted by Crippen LogP contribution is 2.18. The van der Waals surface area contributed by atoms with Crippen molar-refractivity contribution in [3.8, 4) is 0 Å². The molecule has 2 heterocycles. The van der Waals surface area contributed by atoms with E-state index in [2.05, 4.69) is 25.6 Å². The minimum absolute atomic E-state index is 0.0313. The van der Waals surface area contributed by atoms with Gasteiger partial charge in [0.1, 0.15) is 6.04 Å². The lowest BCUT2D eigenvalue weighted by molar-refractivity contribution is -0.145. The Bertz CT molecular complexity index is 1080. The van der Waals surface area contributed by atoms with Crippen LogP contribution in [0.5, 0.6) is 0 Å². The minimum Gasteiger partial charge on any atom is -0.480 e. The van der Waals surface area contributed by atoms with Crippen LogP contribution in [0, 0.1) is 0 Å². The monoisotopic (exact) mass is 442 g/mol. The first-order chi connectivity index (χ1) is 15.3. The molecule has 0 saturated carbocycles. The van der Waals surface area contributed by atoms with Crippen LogP contribution in [-0.2, 0) is 27.2 Å². The van der Waals surface area contributed by atoms with Crippen LogP contribution in [0.1, 0.15) is 18.2 Å². The predicted octanol–water partition coefficient (Wildman–Crippen LogP) is -0.561. The van der Waals surface area contributed by atoms with E-state index in [0.717, 1.165) is 16.5 Å².